The molecule has 2 aromatic rings. The maximum atomic E-state index is 13.6. The Balaban J connectivity index is 1.91. The number of hydrogen-bond donors (Lipinski definition) is 2. The number of carbonyl (C=O) groups is 1. The van der Waals surface area contributed by atoms with Crippen molar-refractivity contribution in [1.82, 2.24) is 5.32 Å². The summed E-state index contributed by atoms with van der Waals surface area (Å²) in [4.78, 5) is 11.8. The van der Waals surface area contributed by atoms with Crippen molar-refractivity contribution in [2.45, 2.75) is 13.0 Å². The maximum absolute atomic E-state index is 13.6. The van der Waals surface area contributed by atoms with E-state index < -0.39 is 11.7 Å². The molecule has 0 aliphatic carbocycles. The van der Waals surface area contributed by atoms with Crippen LogP contribution in [0.4, 0.5) is 14.5 Å². The van der Waals surface area contributed by atoms with E-state index >= 15 is 0 Å². The number of nitrogens with one attached hydrogen (secondary N) is 2. The van der Waals surface area contributed by atoms with Crippen LogP contribution >= 0.6 is 15.9 Å². The predicted octanol–water partition coefficient (Wildman–Crippen LogP) is 4.02. The van der Waals surface area contributed by atoms with E-state index in [1.165, 1.54) is 18.2 Å². The van der Waals surface area contributed by atoms with Gasteiger partial charge in [-0.15, -0.1) is 0 Å². The zero-order valence-electron chi connectivity index (χ0n) is 11.9. The van der Waals surface area contributed by atoms with Crippen molar-refractivity contribution in [3.05, 3.63) is 64.1 Å². The summed E-state index contributed by atoms with van der Waals surface area (Å²) in [5, 5.41) is 5.37. The lowest BCUT2D eigenvalue weighted by molar-refractivity contribution is -0.115. The molecule has 3 nitrogen and oxygen atoms in total. The number of hydrogen-bond acceptors (Lipinski definition) is 2. The van der Waals surface area contributed by atoms with Gasteiger partial charge in [-0.3, -0.25) is 4.79 Å². The highest BCUT2D eigenvalue weighted by atomic mass is 79.9. The lowest BCUT2D eigenvalue weighted by Crippen LogP contribution is -2.30. The van der Waals surface area contributed by atoms with Crippen LogP contribution in [-0.4, -0.2) is 12.5 Å². The molecule has 1 amide bonds. The highest BCUT2D eigenvalue weighted by molar-refractivity contribution is 9.10. The van der Waals surface area contributed by atoms with E-state index in [9.17, 15) is 13.6 Å². The van der Waals surface area contributed by atoms with E-state index in [1.807, 2.05) is 0 Å². The molecule has 22 heavy (non-hydrogen) atoms. The molecule has 0 saturated heterocycles. The predicted molar refractivity (Wildman–Crippen MR) is 85.5 cm³/mol. The van der Waals surface area contributed by atoms with Crippen molar-refractivity contribution in [2.24, 2.45) is 0 Å². The number of halogens is 3. The fourth-order valence-electron chi connectivity index (χ4n) is 1.97. The molecule has 116 valence electrons. The molecule has 1 atom stereocenters. The largest absolute Gasteiger partial charge is 0.322 e. The Morgan fingerprint density at radius 1 is 1.18 bits per heavy atom. The van der Waals surface area contributed by atoms with Crippen LogP contribution in [0.3, 0.4) is 0 Å². The zero-order chi connectivity index (χ0) is 16.1. The van der Waals surface area contributed by atoms with Gasteiger partial charge in [0, 0.05) is 16.1 Å². The van der Waals surface area contributed by atoms with Gasteiger partial charge in [0.2, 0.25) is 5.91 Å². The van der Waals surface area contributed by atoms with Crippen LogP contribution in [0.25, 0.3) is 0 Å². The second-order valence-electron chi connectivity index (χ2n) is 4.80. The van der Waals surface area contributed by atoms with Gasteiger partial charge in [0.1, 0.15) is 11.6 Å². The minimum atomic E-state index is -0.523. The lowest BCUT2D eigenvalue weighted by atomic mass is 10.1. The fraction of sp³-hybridized carbons (Fsp3) is 0.188. The average Bonchev–Trinajstić information content (AvgIpc) is 2.48. The first-order chi connectivity index (χ1) is 10.5. The summed E-state index contributed by atoms with van der Waals surface area (Å²) in [7, 11) is 0. The number of rotatable bonds is 5. The summed E-state index contributed by atoms with van der Waals surface area (Å²) < 4.78 is 27.8. The molecule has 0 aliphatic rings. The van der Waals surface area contributed by atoms with Gasteiger partial charge in [-0.25, -0.2) is 8.78 Å². The van der Waals surface area contributed by atoms with E-state index in [2.05, 4.69) is 26.6 Å². The Labute approximate surface area is 135 Å². The van der Waals surface area contributed by atoms with Gasteiger partial charge in [0.05, 0.1) is 12.2 Å². The Morgan fingerprint density at radius 2 is 1.91 bits per heavy atom. The van der Waals surface area contributed by atoms with Crippen LogP contribution in [0.1, 0.15) is 18.5 Å². The van der Waals surface area contributed by atoms with Crippen LogP contribution in [0, 0.1) is 11.6 Å². The van der Waals surface area contributed by atoms with E-state index in [0.717, 1.165) is 0 Å². The summed E-state index contributed by atoms with van der Waals surface area (Å²) in [5.74, 6) is -1.25. The highest BCUT2D eigenvalue weighted by Crippen LogP contribution is 2.19. The SMILES string of the molecule is CC(NCC(=O)Nc1ccc(Br)cc1F)c1ccccc1F. The topological polar surface area (TPSA) is 41.1 Å². The molecule has 0 radical (unpaired) electrons. The van der Waals surface area contributed by atoms with Gasteiger partial charge in [-0.05, 0) is 31.2 Å². The van der Waals surface area contributed by atoms with Crippen molar-refractivity contribution in [1.29, 1.82) is 0 Å². The van der Waals surface area contributed by atoms with Gasteiger partial charge in [0.15, 0.2) is 0 Å². The van der Waals surface area contributed by atoms with Gasteiger partial charge in [-0.1, -0.05) is 34.1 Å². The van der Waals surface area contributed by atoms with Crippen molar-refractivity contribution < 1.29 is 13.6 Å². The molecule has 6 heteroatoms. The van der Waals surface area contributed by atoms with Crippen LogP contribution in [0.2, 0.25) is 0 Å². The van der Waals surface area contributed by atoms with E-state index in [0.29, 0.717) is 10.0 Å². The van der Waals surface area contributed by atoms with Crippen molar-refractivity contribution in [3.8, 4) is 0 Å². The lowest BCUT2D eigenvalue weighted by Gasteiger charge is -2.15. The quantitative estimate of drug-likeness (QED) is 0.836. The third-order valence-electron chi connectivity index (χ3n) is 3.15. The van der Waals surface area contributed by atoms with E-state index in [4.69, 9.17) is 0 Å². The second kappa shape index (κ2) is 7.47. The molecule has 0 heterocycles. The molecule has 0 spiro atoms. The van der Waals surface area contributed by atoms with Gasteiger partial charge >= 0.3 is 0 Å². The normalized spacial score (nSPS) is 12.0. The average molecular weight is 369 g/mol. The number of anilines is 1. The summed E-state index contributed by atoms with van der Waals surface area (Å²) in [6.45, 7) is 1.71. The first-order valence-electron chi connectivity index (χ1n) is 6.70. The molecule has 0 fully saturated rings. The molecule has 0 saturated carbocycles. The van der Waals surface area contributed by atoms with E-state index in [1.54, 1.807) is 31.2 Å². The van der Waals surface area contributed by atoms with Gasteiger partial charge < -0.3 is 10.6 Å². The summed E-state index contributed by atoms with van der Waals surface area (Å²) >= 11 is 3.14. The Bertz CT molecular complexity index is 679. The number of carbonyl (C=O) groups excluding carboxylic acids is 1. The van der Waals surface area contributed by atoms with Crippen molar-refractivity contribution in [2.75, 3.05) is 11.9 Å². The minimum Gasteiger partial charge on any atom is -0.322 e. The Morgan fingerprint density at radius 3 is 2.59 bits per heavy atom. The second-order valence-corrected chi connectivity index (χ2v) is 5.71. The summed E-state index contributed by atoms with van der Waals surface area (Å²) in [5.41, 5.74) is 0.582. The molecular formula is C16H15BrF2N2O. The smallest absolute Gasteiger partial charge is 0.238 e. The summed E-state index contributed by atoms with van der Waals surface area (Å²) in [6.07, 6.45) is 0. The Kier molecular flexibility index (Phi) is 5.63. The fourth-order valence-corrected chi connectivity index (χ4v) is 2.30. The molecule has 0 bridgehead atoms. The minimum absolute atomic E-state index is 0.0506. The van der Waals surface area contributed by atoms with Gasteiger partial charge in [-0.2, -0.15) is 0 Å². The van der Waals surface area contributed by atoms with Gasteiger partial charge in [0.25, 0.3) is 0 Å². The van der Waals surface area contributed by atoms with Crippen molar-refractivity contribution in [3.63, 3.8) is 0 Å². The van der Waals surface area contributed by atoms with Crippen LogP contribution < -0.4 is 10.6 Å². The molecule has 2 rings (SSSR count). The molecule has 2 aromatic carbocycles. The van der Waals surface area contributed by atoms with Crippen LogP contribution in [-0.2, 0) is 4.79 Å². The molecule has 0 aliphatic heterocycles. The molecule has 2 N–H and O–H groups in total. The Hall–Kier alpha value is -1.79. The third-order valence-corrected chi connectivity index (χ3v) is 3.64. The van der Waals surface area contributed by atoms with Crippen LogP contribution in [0.5, 0.6) is 0 Å². The zero-order valence-corrected chi connectivity index (χ0v) is 13.5. The monoisotopic (exact) mass is 368 g/mol. The third kappa shape index (κ3) is 4.35. The van der Waals surface area contributed by atoms with Crippen molar-refractivity contribution >= 4 is 27.5 Å². The molecular weight excluding hydrogens is 354 g/mol. The van der Waals surface area contributed by atoms with E-state index in [-0.39, 0.29) is 24.1 Å². The maximum Gasteiger partial charge on any atom is 0.238 e. The summed E-state index contributed by atoms with van der Waals surface area (Å²) in [6, 6.07) is 10.4. The number of amides is 1. The molecule has 1 unspecified atom stereocenters. The first-order valence-corrected chi connectivity index (χ1v) is 7.49. The molecule has 0 aromatic heterocycles. The highest BCUT2D eigenvalue weighted by Gasteiger charge is 2.12. The van der Waals surface area contributed by atoms with Crippen LogP contribution in [0.15, 0.2) is 46.9 Å². The standard InChI is InChI=1S/C16H15BrF2N2O/c1-10(12-4-2-3-5-13(12)18)20-9-16(22)21-15-7-6-11(17)8-14(15)19/h2-8,10,20H,9H2,1H3,(H,21,22). The number of benzene rings is 2. The first kappa shape index (κ1) is 16.6.